The van der Waals surface area contributed by atoms with Gasteiger partial charge in [-0.15, -0.1) is 11.3 Å². The first-order valence-electron chi connectivity index (χ1n) is 10.1. The van der Waals surface area contributed by atoms with Gasteiger partial charge in [0.05, 0.1) is 27.9 Å². The normalized spacial score (nSPS) is 14.6. The molecule has 31 heavy (non-hydrogen) atoms. The Kier molecular flexibility index (Phi) is 6.82. The Balaban J connectivity index is 1.65. The molecule has 1 saturated heterocycles. The largest absolute Gasteiger partial charge is 0.450 e. The van der Waals surface area contributed by atoms with Crippen LogP contribution >= 0.6 is 23.1 Å². The van der Waals surface area contributed by atoms with E-state index in [1.54, 1.807) is 34.6 Å². The summed E-state index contributed by atoms with van der Waals surface area (Å²) in [5.41, 5.74) is 2.47. The number of benzene rings is 1. The van der Waals surface area contributed by atoms with Gasteiger partial charge >= 0.3 is 6.09 Å². The minimum absolute atomic E-state index is 0.252. The number of thiazole rings is 1. The van der Waals surface area contributed by atoms with Gasteiger partial charge in [0.1, 0.15) is 5.82 Å². The van der Waals surface area contributed by atoms with Gasteiger partial charge in [-0.3, -0.25) is 0 Å². The first-order chi connectivity index (χ1) is 15.1. The lowest BCUT2D eigenvalue weighted by molar-refractivity contribution is 0.0970. The average molecular weight is 459 g/mol. The highest BCUT2D eigenvalue weighted by Crippen LogP contribution is 2.41. The summed E-state index contributed by atoms with van der Waals surface area (Å²) in [6.07, 6.45) is 5.09. The Morgan fingerprint density at radius 1 is 1.23 bits per heavy atom. The first kappa shape index (κ1) is 21.7. The van der Waals surface area contributed by atoms with E-state index in [-0.39, 0.29) is 17.8 Å². The quantitative estimate of drug-likeness (QED) is 0.373. The lowest BCUT2D eigenvalue weighted by atomic mass is 9.98. The Labute approximate surface area is 188 Å². The standard InChI is InChI=1S/C22H23FN4O2S2/c1-3-29-22(28)27-12-9-15(10-13-27)20-26-18(14-4-6-16(23)7-5-14)19(31-20)17-8-11-24-21(25-17)30-2/h4-8,11,15H,3,9-10,12-13H2,1-2H3. The third-order valence-corrected chi connectivity index (χ3v) is 6.98. The van der Waals surface area contributed by atoms with Crippen LogP contribution in [-0.2, 0) is 4.74 Å². The zero-order valence-electron chi connectivity index (χ0n) is 17.4. The molecule has 0 unspecified atom stereocenters. The number of ether oxygens (including phenoxy) is 1. The molecule has 0 N–H and O–H groups in total. The Morgan fingerprint density at radius 2 is 1.97 bits per heavy atom. The highest BCUT2D eigenvalue weighted by Gasteiger charge is 2.28. The van der Waals surface area contributed by atoms with Crippen molar-refractivity contribution in [2.45, 2.75) is 30.8 Å². The molecule has 9 heteroatoms. The zero-order valence-corrected chi connectivity index (χ0v) is 19.0. The number of likely N-dealkylation sites (tertiary alicyclic amines) is 1. The minimum Gasteiger partial charge on any atom is -0.450 e. The third-order valence-electron chi connectivity index (χ3n) is 5.18. The summed E-state index contributed by atoms with van der Waals surface area (Å²) < 4.78 is 18.6. The molecular formula is C22H23FN4O2S2. The Bertz CT molecular complexity index is 1050. The van der Waals surface area contributed by atoms with Gasteiger partial charge in [-0.25, -0.2) is 24.1 Å². The number of carbonyl (C=O) groups excluding carboxylic acids is 1. The van der Waals surface area contributed by atoms with Crippen LogP contribution in [0.4, 0.5) is 9.18 Å². The number of carbonyl (C=O) groups is 1. The number of piperidine rings is 1. The third kappa shape index (κ3) is 4.88. The second-order valence-corrected chi connectivity index (χ2v) is 8.93. The molecule has 2 aromatic heterocycles. The summed E-state index contributed by atoms with van der Waals surface area (Å²) in [6, 6.07) is 8.27. The molecule has 3 aromatic rings. The fourth-order valence-electron chi connectivity index (χ4n) is 3.58. The highest BCUT2D eigenvalue weighted by molar-refractivity contribution is 7.98. The average Bonchev–Trinajstić information content (AvgIpc) is 3.25. The summed E-state index contributed by atoms with van der Waals surface area (Å²) in [7, 11) is 0. The summed E-state index contributed by atoms with van der Waals surface area (Å²) >= 11 is 3.10. The van der Waals surface area contributed by atoms with Gasteiger partial charge in [-0.2, -0.15) is 0 Å². The number of thioether (sulfide) groups is 1. The van der Waals surface area contributed by atoms with Crippen molar-refractivity contribution in [1.29, 1.82) is 0 Å². The van der Waals surface area contributed by atoms with E-state index in [9.17, 15) is 9.18 Å². The Morgan fingerprint density at radius 3 is 2.65 bits per heavy atom. The second kappa shape index (κ2) is 9.74. The van der Waals surface area contributed by atoms with Gasteiger partial charge in [0, 0.05) is 30.8 Å². The molecule has 1 aliphatic rings. The number of nitrogens with zero attached hydrogens (tertiary/aromatic N) is 4. The summed E-state index contributed by atoms with van der Waals surface area (Å²) in [6.45, 7) is 3.49. The van der Waals surface area contributed by atoms with Crippen LogP contribution in [0.5, 0.6) is 0 Å². The molecule has 0 radical (unpaired) electrons. The van der Waals surface area contributed by atoms with Crippen LogP contribution in [0.3, 0.4) is 0 Å². The maximum Gasteiger partial charge on any atom is 0.409 e. The van der Waals surface area contributed by atoms with Crippen LogP contribution < -0.4 is 0 Å². The smallest absolute Gasteiger partial charge is 0.409 e. The molecule has 0 bridgehead atoms. The molecule has 162 valence electrons. The van der Waals surface area contributed by atoms with Gasteiger partial charge in [-0.05, 0) is 56.4 Å². The Hall–Kier alpha value is -2.52. The van der Waals surface area contributed by atoms with Crippen molar-refractivity contribution < 1.29 is 13.9 Å². The number of halogens is 1. The molecule has 1 aromatic carbocycles. The van der Waals surface area contributed by atoms with E-state index in [4.69, 9.17) is 9.72 Å². The van der Waals surface area contributed by atoms with E-state index >= 15 is 0 Å². The van der Waals surface area contributed by atoms with E-state index in [0.717, 1.165) is 39.7 Å². The second-order valence-electron chi connectivity index (χ2n) is 7.13. The van der Waals surface area contributed by atoms with Crippen LogP contribution in [-0.4, -0.2) is 51.9 Å². The lowest BCUT2D eigenvalue weighted by Gasteiger charge is -2.30. The van der Waals surface area contributed by atoms with Crippen molar-refractivity contribution in [3.8, 4) is 21.8 Å². The van der Waals surface area contributed by atoms with Gasteiger partial charge in [0.2, 0.25) is 0 Å². The molecule has 0 atom stereocenters. The van der Waals surface area contributed by atoms with E-state index in [1.807, 2.05) is 19.2 Å². The highest BCUT2D eigenvalue weighted by atomic mass is 32.2. The fourth-order valence-corrected chi connectivity index (χ4v) is 5.16. The lowest BCUT2D eigenvalue weighted by Crippen LogP contribution is -2.38. The summed E-state index contributed by atoms with van der Waals surface area (Å²) in [5, 5.41) is 1.71. The predicted octanol–water partition coefficient (Wildman–Crippen LogP) is 5.46. The molecule has 6 nitrogen and oxygen atoms in total. The minimum atomic E-state index is -0.279. The van der Waals surface area contributed by atoms with Crippen molar-refractivity contribution >= 4 is 29.2 Å². The van der Waals surface area contributed by atoms with Gasteiger partial charge < -0.3 is 9.64 Å². The molecule has 0 saturated carbocycles. The summed E-state index contributed by atoms with van der Waals surface area (Å²) in [5.74, 6) is -0.0238. The first-order valence-corrected chi connectivity index (χ1v) is 12.2. The van der Waals surface area contributed by atoms with E-state index < -0.39 is 0 Å². The molecule has 1 aliphatic heterocycles. The maximum absolute atomic E-state index is 13.5. The number of amides is 1. The topological polar surface area (TPSA) is 68.2 Å². The van der Waals surface area contributed by atoms with E-state index in [1.165, 1.54) is 23.9 Å². The monoisotopic (exact) mass is 458 g/mol. The van der Waals surface area contributed by atoms with Crippen LogP contribution in [0.15, 0.2) is 41.7 Å². The van der Waals surface area contributed by atoms with Crippen molar-refractivity contribution in [3.63, 3.8) is 0 Å². The SMILES string of the molecule is CCOC(=O)N1CCC(c2nc(-c3ccc(F)cc3)c(-c3ccnc(SC)n3)s2)CC1. The maximum atomic E-state index is 13.5. The van der Waals surface area contributed by atoms with Crippen LogP contribution in [0.25, 0.3) is 21.8 Å². The molecule has 3 heterocycles. The molecule has 4 rings (SSSR count). The molecule has 0 aliphatic carbocycles. The van der Waals surface area contributed by atoms with E-state index in [0.29, 0.717) is 24.9 Å². The van der Waals surface area contributed by atoms with Crippen molar-refractivity contribution in [3.05, 3.63) is 47.4 Å². The van der Waals surface area contributed by atoms with E-state index in [2.05, 4.69) is 9.97 Å². The molecule has 1 amide bonds. The predicted molar refractivity (Wildman–Crippen MR) is 121 cm³/mol. The van der Waals surface area contributed by atoms with Crippen molar-refractivity contribution in [2.75, 3.05) is 26.0 Å². The van der Waals surface area contributed by atoms with Crippen LogP contribution in [0.1, 0.15) is 30.7 Å². The number of hydrogen-bond acceptors (Lipinski definition) is 7. The molecule has 0 spiro atoms. The van der Waals surface area contributed by atoms with Gasteiger partial charge in [0.15, 0.2) is 5.16 Å². The fraction of sp³-hybridized carbons (Fsp3) is 0.364. The van der Waals surface area contributed by atoms with Crippen LogP contribution in [0, 0.1) is 5.82 Å². The van der Waals surface area contributed by atoms with Crippen molar-refractivity contribution in [2.24, 2.45) is 0 Å². The van der Waals surface area contributed by atoms with Gasteiger partial charge in [-0.1, -0.05) is 11.8 Å². The summed E-state index contributed by atoms with van der Waals surface area (Å²) in [4.78, 5) is 28.6. The molecule has 1 fully saturated rings. The number of rotatable bonds is 5. The number of hydrogen-bond donors (Lipinski definition) is 0. The van der Waals surface area contributed by atoms with Crippen LogP contribution in [0.2, 0.25) is 0 Å². The van der Waals surface area contributed by atoms with Crippen molar-refractivity contribution in [1.82, 2.24) is 19.9 Å². The molecular weight excluding hydrogens is 435 g/mol. The number of aromatic nitrogens is 3. The van der Waals surface area contributed by atoms with Gasteiger partial charge in [0.25, 0.3) is 0 Å². The zero-order chi connectivity index (χ0) is 21.8.